The number of aryl methyl sites for hydroxylation is 4. The molecule has 0 aliphatic rings. The number of para-hydroxylation sites is 2. The third kappa shape index (κ3) is 15.5. The Morgan fingerprint density at radius 2 is 0.936 bits per heavy atom. The highest BCUT2D eigenvalue weighted by molar-refractivity contribution is 6.03. The molecule has 0 aliphatic heterocycles. The van der Waals surface area contributed by atoms with Gasteiger partial charge in [-0.2, -0.15) is 0 Å². The molecule has 0 aromatic heterocycles. The smallest absolute Gasteiger partial charge is 0.417 e. The van der Waals surface area contributed by atoms with Crippen LogP contribution in [0.2, 0.25) is 0 Å². The second-order valence-corrected chi connectivity index (χ2v) is 9.85. The van der Waals surface area contributed by atoms with Gasteiger partial charge in [-0.25, -0.2) is 4.79 Å². The molecule has 0 saturated heterocycles. The lowest BCUT2D eigenvalue weighted by atomic mass is 10.0. The lowest BCUT2D eigenvalue weighted by Gasteiger charge is -2.12. The highest BCUT2D eigenvalue weighted by Crippen LogP contribution is 2.22. The van der Waals surface area contributed by atoms with Crippen LogP contribution in [0.1, 0.15) is 91.4 Å². The highest BCUT2D eigenvalue weighted by Gasteiger charge is 2.13. The predicted octanol–water partition coefficient (Wildman–Crippen LogP) is 9.87. The van der Waals surface area contributed by atoms with Crippen molar-refractivity contribution in [3.63, 3.8) is 0 Å². The number of carbonyl (C=O) groups excluding carboxylic acids is 4. The number of Topliss-reactive ketones (excluding diaryl/α,β-unsaturated/α-hetero) is 2. The van der Waals surface area contributed by atoms with Crippen LogP contribution in [-0.2, 0) is 4.79 Å². The highest BCUT2D eigenvalue weighted by atomic mass is 16.6. The van der Waals surface area contributed by atoms with Gasteiger partial charge in [0.25, 0.3) is 0 Å². The van der Waals surface area contributed by atoms with Crippen molar-refractivity contribution in [1.82, 2.24) is 0 Å². The maximum absolute atomic E-state index is 11.9. The number of ether oxygens (including phenoxy) is 2. The zero-order valence-corrected chi connectivity index (χ0v) is 29.6. The minimum Gasteiger partial charge on any atom is -0.427 e. The van der Waals surface area contributed by atoms with Gasteiger partial charge in [0.05, 0.1) is 5.69 Å². The minimum atomic E-state index is -0.619. The van der Waals surface area contributed by atoms with Crippen molar-refractivity contribution < 1.29 is 28.7 Å². The van der Waals surface area contributed by atoms with E-state index in [0.29, 0.717) is 34.0 Å². The van der Waals surface area contributed by atoms with Crippen LogP contribution < -0.4 is 20.5 Å². The van der Waals surface area contributed by atoms with E-state index in [1.54, 1.807) is 48.5 Å². The second kappa shape index (κ2) is 22.3. The second-order valence-electron chi connectivity index (χ2n) is 9.85. The van der Waals surface area contributed by atoms with Gasteiger partial charge in [0, 0.05) is 23.7 Å². The van der Waals surface area contributed by atoms with Gasteiger partial charge >= 0.3 is 12.1 Å². The van der Waals surface area contributed by atoms with Crippen molar-refractivity contribution in [2.24, 2.45) is 0 Å². The number of nitrogens with one attached hydrogen (secondary N) is 1. The fourth-order valence-electron chi connectivity index (χ4n) is 3.74. The molecular formula is C39H50N2O6. The first-order valence-corrected chi connectivity index (χ1v) is 15.6. The minimum absolute atomic E-state index is 0.0237. The maximum atomic E-state index is 11.9. The predicted molar refractivity (Wildman–Crippen MR) is 193 cm³/mol. The SMILES string of the molecule is CC.CC.CC(=O)Oc1ccccc1.CC(=O)c1cc(C)c(C)cc1N.CC(=O)c1cc(C)c(C)cc1NC(=O)Oc1ccccc1. The van der Waals surface area contributed by atoms with Gasteiger partial charge in [-0.3, -0.25) is 19.7 Å². The molecule has 4 aromatic rings. The van der Waals surface area contributed by atoms with Crippen LogP contribution in [-0.4, -0.2) is 23.6 Å². The molecule has 3 N–H and O–H groups in total. The first kappa shape index (κ1) is 41.8. The summed E-state index contributed by atoms with van der Waals surface area (Å²) in [6, 6.07) is 25.0. The zero-order valence-electron chi connectivity index (χ0n) is 29.6. The van der Waals surface area contributed by atoms with Crippen LogP contribution >= 0.6 is 0 Å². The maximum Gasteiger partial charge on any atom is 0.417 e. The Labute approximate surface area is 280 Å². The molecular weight excluding hydrogens is 592 g/mol. The molecule has 8 heteroatoms. The molecule has 0 unspecified atom stereocenters. The lowest BCUT2D eigenvalue weighted by Crippen LogP contribution is -2.18. The van der Waals surface area contributed by atoms with E-state index < -0.39 is 6.09 Å². The number of esters is 1. The van der Waals surface area contributed by atoms with E-state index in [2.05, 4.69) is 5.32 Å². The van der Waals surface area contributed by atoms with Gasteiger partial charge in [-0.05, 0) is 112 Å². The molecule has 0 heterocycles. The Kier molecular flexibility index (Phi) is 19.8. The number of carbonyl (C=O) groups is 4. The lowest BCUT2D eigenvalue weighted by molar-refractivity contribution is -0.131. The summed E-state index contributed by atoms with van der Waals surface area (Å²) >= 11 is 0. The molecule has 252 valence electrons. The summed E-state index contributed by atoms with van der Waals surface area (Å²) in [4.78, 5) is 45.0. The van der Waals surface area contributed by atoms with Crippen LogP contribution in [0.4, 0.5) is 16.2 Å². The third-order valence-electron chi connectivity index (χ3n) is 6.25. The number of ketones is 2. The Balaban J connectivity index is 0.000000692. The van der Waals surface area contributed by atoms with Crippen molar-refractivity contribution in [3.05, 3.63) is 118 Å². The van der Waals surface area contributed by atoms with Crippen LogP contribution in [0.5, 0.6) is 11.5 Å². The molecule has 0 aliphatic carbocycles. The number of nitrogen functional groups attached to an aromatic ring is 1. The van der Waals surface area contributed by atoms with E-state index in [0.717, 1.165) is 22.3 Å². The van der Waals surface area contributed by atoms with Gasteiger partial charge in [0.1, 0.15) is 11.5 Å². The summed E-state index contributed by atoms with van der Waals surface area (Å²) in [6.07, 6.45) is -0.619. The summed E-state index contributed by atoms with van der Waals surface area (Å²) in [6.45, 7) is 20.2. The van der Waals surface area contributed by atoms with Crippen molar-refractivity contribution in [3.8, 4) is 11.5 Å². The molecule has 0 radical (unpaired) electrons. The van der Waals surface area contributed by atoms with Crippen LogP contribution in [0, 0.1) is 27.7 Å². The van der Waals surface area contributed by atoms with Crippen molar-refractivity contribution in [2.75, 3.05) is 11.1 Å². The van der Waals surface area contributed by atoms with Crippen molar-refractivity contribution in [1.29, 1.82) is 0 Å². The van der Waals surface area contributed by atoms with Crippen molar-refractivity contribution in [2.45, 2.75) is 76.2 Å². The largest absolute Gasteiger partial charge is 0.427 e. The summed E-state index contributed by atoms with van der Waals surface area (Å²) in [5.74, 6) is 0.674. The van der Waals surface area contributed by atoms with Gasteiger partial charge in [0.2, 0.25) is 0 Å². The first-order chi connectivity index (χ1) is 22.3. The monoisotopic (exact) mass is 642 g/mol. The summed E-state index contributed by atoms with van der Waals surface area (Å²) in [7, 11) is 0. The van der Waals surface area contributed by atoms with E-state index in [1.807, 2.05) is 91.8 Å². The fourth-order valence-corrected chi connectivity index (χ4v) is 3.74. The van der Waals surface area contributed by atoms with Gasteiger partial charge in [-0.1, -0.05) is 64.1 Å². The molecule has 1 amide bonds. The number of anilines is 2. The topological polar surface area (TPSA) is 125 Å². The average Bonchev–Trinajstić information content (AvgIpc) is 3.03. The molecule has 0 atom stereocenters. The Hall–Kier alpha value is -5.24. The standard InChI is InChI=1S/C17H17NO3.C10H13NO.C8H8O2.2C2H6/c1-11-9-15(13(3)19)16(10-12(11)2)18-17(20)21-14-7-5-4-6-8-14;1-6-4-9(8(3)12)10(11)5-7(6)2;1-7(9)10-8-5-3-2-4-6-8;2*1-2/h4-10H,1-3H3,(H,18,20);4-5H,11H2,1-3H3;2-6H,1H3;2*1-2H3. The average molecular weight is 643 g/mol. The van der Waals surface area contributed by atoms with E-state index >= 15 is 0 Å². The first-order valence-electron chi connectivity index (χ1n) is 15.6. The van der Waals surface area contributed by atoms with Gasteiger partial charge < -0.3 is 15.2 Å². The molecule has 0 fully saturated rings. The van der Waals surface area contributed by atoms with Gasteiger partial charge in [0.15, 0.2) is 11.6 Å². The van der Waals surface area contributed by atoms with Crippen molar-refractivity contribution >= 4 is 35.0 Å². The number of hydrogen-bond donors (Lipinski definition) is 2. The van der Waals surface area contributed by atoms with E-state index in [4.69, 9.17) is 15.2 Å². The van der Waals surface area contributed by atoms with Gasteiger partial charge in [-0.15, -0.1) is 0 Å². The third-order valence-corrected chi connectivity index (χ3v) is 6.25. The summed E-state index contributed by atoms with van der Waals surface area (Å²) in [5.41, 5.74) is 12.0. The Bertz CT molecular complexity index is 1580. The molecule has 4 rings (SSSR count). The Morgan fingerprint density at radius 1 is 0.553 bits per heavy atom. The van der Waals surface area contributed by atoms with Crippen LogP contribution in [0.25, 0.3) is 0 Å². The zero-order chi connectivity index (χ0) is 36.1. The molecule has 0 bridgehead atoms. The van der Waals surface area contributed by atoms with E-state index in [1.165, 1.54) is 20.8 Å². The number of nitrogens with two attached hydrogens (primary N) is 1. The summed E-state index contributed by atoms with van der Waals surface area (Å²) in [5, 5.41) is 2.63. The number of amides is 1. The van der Waals surface area contributed by atoms with Crippen LogP contribution in [0.3, 0.4) is 0 Å². The van der Waals surface area contributed by atoms with E-state index in [-0.39, 0.29) is 17.5 Å². The van der Waals surface area contributed by atoms with Crippen LogP contribution in [0.15, 0.2) is 84.9 Å². The fraction of sp³-hybridized carbons (Fsp3) is 0.282. The molecule has 47 heavy (non-hydrogen) atoms. The normalized spacial score (nSPS) is 9.17. The van der Waals surface area contributed by atoms with E-state index in [9.17, 15) is 19.2 Å². The Morgan fingerprint density at radius 3 is 1.36 bits per heavy atom. The molecule has 4 aromatic carbocycles. The summed E-state index contributed by atoms with van der Waals surface area (Å²) < 4.78 is 9.94. The molecule has 0 saturated carbocycles. The molecule has 8 nitrogen and oxygen atoms in total. The number of rotatable bonds is 5. The number of hydrogen-bond acceptors (Lipinski definition) is 7. The quantitative estimate of drug-likeness (QED) is 0.0960. The molecule has 0 spiro atoms. The number of benzene rings is 4.